The Bertz CT molecular complexity index is 1140. The van der Waals surface area contributed by atoms with Gasteiger partial charge in [-0.2, -0.15) is 0 Å². The summed E-state index contributed by atoms with van der Waals surface area (Å²) < 4.78 is 34.0. The number of aryl methyl sites for hydroxylation is 1. The molecule has 9 heteroatoms. The summed E-state index contributed by atoms with van der Waals surface area (Å²) in [7, 11) is -3.54. The predicted octanol–water partition coefficient (Wildman–Crippen LogP) is 3.06. The number of rotatable bonds is 8. The van der Waals surface area contributed by atoms with Crippen molar-refractivity contribution in [3.63, 3.8) is 0 Å². The van der Waals surface area contributed by atoms with Crippen LogP contribution in [0.4, 0.5) is 5.69 Å². The van der Waals surface area contributed by atoms with Crippen LogP contribution in [0.25, 0.3) is 11.5 Å². The lowest BCUT2D eigenvalue weighted by Gasteiger charge is -2.36. The molecule has 0 bridgehead atoms. The highest BCUT2D eigenvalue weighted by Crippen LogP contribution is 2.24. The number of benzene rings is 2. The first-order valence-corrected chi connectivity index (χ1v) is 12.8. The predicted molar refractivity (Wildman–Crippen MR) is 129 cm³/mol. The van der Waals surface area contributed by atoms with E-state index < -0.39 is 10.0 Å². The fourth-order valence-electron chi connectivity index (χ4n) is 4.25. The molecule has 2 aromatic carbocycles. The number of nitrogens with zero attached hydrogens (tertiary/aromatic N) is 4. The van der Waals surface area contributed by atoms with E-state index in [9.17, 15) is 8.42 Å². The second-order valence-corrected chi connectivity index (χ2v) is 10.7. The van der Waals surface area contributed by atoms with Gasteiger partial charge in [0.25, 0.3) is 0 Å². The van der Waals surface area contributed by atoms with Crippen LogP contribution in [0.1, 0.15) is 25.3 Å². The van der Waals surface area contributed by atoms with Crippen LogP contribution in [0.15, 0.2) is 59.0 Å². The summed E-state index contributed by atoms with van der Waals surface area (Å²) in [6.07, 6.45) is 0. The average Bonchev–Trinajstić information content (AvgIpc) is 3.23. The molecule has 3 aromatic rings. The van der Waals surface area contributed by atoms with E-state index in [-0.39, 0.29) is 12.3 Å². The molecule has 1 saturated heterocycles. The van der Waals surface area contributed by atoms with Gasteiger partial charge in [0.15, 0.2) is 0 Å². The summed E-state index contributed by atoms with van der Waals surface area (Å²) in [6, 6.07) is 17.5. The Morgan fingerprint density at radius 3 is 2.30 bits per heavy atom. The minimum atomic E-state index is -3.54. The normalized spacial score (nSPS) is 19.5. The maximum atomic E-state index is 13.5. The fourth-order valence-corrected chi connectivity index (χ4v) is 5.75. The Balaban J connectivity index is 1.51. The number of aromatic nitrogens is 2. The van der Waals surface area contributed by atoms with Gasteiger partial charge in [0.1, 0.15) is 0 Å². The second kappa shape index (κ2) is 10.0. The van der Waals surface area contributed by atoms with E-state index in [0.717, 1.165) is 24.2 Å². The summed E-state index contributed by atoms with van der Waals surface area (Å²) in [6.45, 7) is 8.47. The molecule has 1 fully saturated rings. The minimum absolute atomic E-state index is 0.0701. The number of para-hydroxylation sites is 1. The highest BCUT2D eigenvalue weighted by Gasteiger charge is 2.26. The number of hydrogen-bond acceptors (Lipinski definition) is 7. The zero-order chi connectivity index (χ0) is 23.4. The van der Waals surface area contributed by atoms with Crippen LogP contribution in [0, 0.1) is 6.92 Å². The van der Waals surface area contributed by atoms with Crippen LogP contribution in [0.2, 0.25) is 0 Å². The SMILES string of the molecule is Cc1nnc(-c2ccc(CN(c3ccccc3)S(=O)(=O)CCN3C[C@@H](C)N[C@@H](C)C3)cc2)o1. The van der Waals surface area contributed by atoms with E-state index in [1.54, 1.807) is 6.92 Å². The zero-order valence-corrected chi connectivity index (χ0v) is 20.1. The molecule has 1 aromatic heterocycles. The molecule has 0 aliphatic carbocycles. The van der Waals surface area contributed by atoms with Crippen LogP contribution < -0.4 is 9.62 Å². The third kappa shape index (κ3) is 5.98. The van der Waals surface area contributed by atoms with Crippen LogP contribution in [0.5, 0.6) is 0 Å². The van der Waals surface area contributed by atoms with E-state index in [1.165, 1.54) is 4.31 Å². The Kier molecular flexibility index (Phi) is 7.11. The van der Waals surface area contributed by atoms with Gasteiger partial charge < -0.3 is 9.73 Å². The summed E-state index contributed by atoms with van der Waals surface area (Å²) in [5.41, 5.74) is 2.35. The molecule has 0 saturated carbocycles. The summed E-state index contributed by atoms with van der Waals surface area (Å²) in [5.74, 6) is 1.02. The molecule has 2 atom stereocenters. The lowest BCUT2D eigenvalue weighted by molar-refractivity contribution is 0.182. The van der Waals surface area contributed by atoms with Crippen molar-refractivity contribution >= 4 is 15.7 Å². The first-order chi connectivity index (χ1) is 15.8. The third-order valence-electron chi connectivity index (χ3n) is 5.73. The molecule has 176 valence electrons. The summed E-state index contributed by atoms with van der Waals surface area (Å²) >= 11 is 0. The standard InChI is InChI=1S/C24H31N5O3S/c1-18-15-28(16-19(2)25-18)13-14-33(30,31)29(23-7-5-4-6-8-23)17-21-9-11-22(12-10-21)24-27-26-20(3)32-24/h4-12,18-19,25H,13-17H2,1-3H3/t18-,19+. The molecule has 0 spiro atoms. The van der Waals surface area contributed by atoms with Gasteiger partial charge in [0, 0.05) is 44.2 Å². The van der Waals surface area contributed by atoms with Crippen LogP contribution >= 0.6 is 0 Å². The Hall–Kier alpha value is -2.75. The van der Waals surface area contributed by atoms with Crippen LogP contribution in [-0.4, -0.2) is 61.0 Å². The van der Waals surface area contributed by atoms with E-state index in [0.29, 0.717) is 36.1 Å². The highest BCUT2D eigenvalue weighted by atomic mass is 32.2. The van der Waals surface area contributed by atoms with Gasteiger partial charge in [-0.1, -0.05) is 30.3 Å². The monoisotopic (exact) mass is 469 g/mol. The van der Waals surface area contributed by atoms with Gasteiger partial charge in [-0.15, -0.1) is 10.2 Å². The molecular weight excluding hydrogens is 438 g/mol. The molecule has 0 radical (unpaired) electrons. The maximum Gasteiger partial charge on any atom is 0.247 e. The molecule has 0 unspecified atom stereocenters. The number of nitrogens with one attached hydrogen (secondary N) is 1. The minimum Gasteiger partial charge on any atom is -0.421 e. The number of hydrogen-bond donors (Lipinski definition) is 1. The van der Waals surface area contributed by atoms with Crippen molar-refractivity contribution in [1.29, 1.82) is 0 Å². The lowest BCUT2D eigenvalue weighted by atomic mass is 10.1. The first kappa shape index (κ1) is 23.4. The molecule has 1 aliphatic rings. The highest BCUT2D eigenvalue weighted by molar-refractivity contribution is 7.92. The van der Waals surface area contributed by atoms with Gasteiger partial charge in [-0.25, -0.2) is 8.42 Å². The molecule has 2 heterocycles. The van der Waals surface area contributed by atoms with Crippen LogP contribution in [-0.2, 0) is 16.6 Å². The van der Waals surface area contributed by atoms with Crippen molar-refractivity contribution in [3.8, 4) is 11.5 Å². The van der Waals surface area contributed by atoms with Crippen LogP contribution in [0.3, 0.4) is 0 Å². The molecule has 1 aliphatic heterocycles. The zero-order valence-electron chi connectivity index (χ0n) is 19.3. The van der Waals surface area contributed by atoms with Crippen molar-refractivity contribution in [3.05, 3.63) is 66.1 Å². The van der Waals surface area contributed by atoms with Gasteiger partial charge in [-0.05, 0) is 43.7 Å². The van der Waals surface area contributed by atoms with Gasteiger partial charge >= 0.3 is 0 Å². The summed E-state index contributed by atoms with van der Waals surface area (Å²) in [4.78, 5) is 2.23. The van der Waals surface area contributed by atoms with Gasteiger partial charge in [-0.3, -0.25) is 9.21 Å². The molecule has 33 heavy (non-hydrogen) atoms. The second-order valence-electron chi connectivity index (χ2n) is 8.71. The average molecular weight is 470 g/mol. The molecular formula is C24H31N5O3S. The molecule has 4 rings (SSSR count). The van der Waals surface area contributed by atoms with E-state index in [2.05, 4.69) is 34.3 Å². The molecule has 0 amide bonds. The van der Waals surface area contributed by atoms with Crippen molar-refractivity contribution < 1.29 is 12.8 Å². The number of piperazine rings is 1. The summed E-state index contributed by atoms with van der Waals surface area (Å²) in [5, 5.41) is 11.4. The number of sulfonamides is 1. The van der Waals surface area contributed by atoms with Gasteiger partial charge in [0.05, 0.1) is 18.0 Å². The fraction of sp³-hybridized carbons (Fsp3) is 0.417. The van der Waals surface area contributed by atoms with Crippen molar-refractivity contribution in [2.75, 3.05) is 29.7 Å². The topological polar surface area (TPSA) is 91.6 Å². The quantitative estimate of drug-likeness (QED) is 0.542. The van der Waals surface area contributed by atoms with Crippen molar-refractivity contribution in [2.24, 2.45) is 0 Å². The smallest absolute Gasteiger partial charge is 0.247 e. The van der Waals surface area contributed by atoms with Crippen molar-refractivity contribution in [1.82, 2.24) is 20.4 Å². The largest absolute Gasteiger partial charge is 0.421 e. The Morgan fingerprint density at radius 2 is 1.70 bits per heavy atom. The first-order valence-electron chi connectivity index (χ1n) is 11.2. The Labute approximate surface area is 195 Å². The van der Waals surface area contributed by atoms with Crippen molar-refractivity contribution in [2.45, 2.75) is 39.4 Å². The van der Waals surface area contributed by atoms with E-state index in [1.807, 2.05) is 54.6 Å². The van der Waals surface area contributed by atoms with E-state index >= 15 is 0 Å². The van der Waals surface area contributed by atoms with Gasteiger partial charge in [0.2, 0.25) is 21.8 Å². The molecule has 8 nitrogen and oxygen atoms in total. The van der Waals surface area contributed by atoms with E-state index in [4.69, 9.17) is 4.42 Å². The molecule has 1 N–H and O–H groups in total. The third-order valence-corrected chi connectivity index (χ3v) is 7.44. The Morgan fingerprint density at radius 1 is 1.03 bits per heavy atom. The number of anilines is 1. The maximum absolute atomic E-state index is 13.5. The lowest BCUT2D eigenvalue weighted by Crippen LogP contribution is -2.55.